The summed E-state index contributed by atoms with van der Waals surface area (Å²) in [6, 6.07) is 10.6. The predicted molar refractivity (Wildman–Crippen MR) is 93.4 cm³/mol. The van der Waals surface area contributed by atoms with Gasteiger partial charge in [-0.25, -0.2) is 4.98 Å². The van der Waals surface area contributed by atoms with Crippen molar-refractivity contribution in [1.29, 1.82) is 0 Å². The van der Waals surface area contributed by atoms with Gasteiger partial charge in [0.25, 0.3) is 0 Å². The van der Waals surface area contributed by atoms with E-state index in [-0.39, 0.29) is 0 Å². The van der Waals surface area contributed by atoms with Crippen molar-refractivity contribution in [3.05, 3.63) is 34.8 Å². The van der Waals surface area contributed by atoms with Crippen molar-refractivity contribution < 1.29 is 4.74 Å². The lowest BCUT2D eigenvalue weighted by molar-refractivity contribution is 0.0531. The number of fused-ring (bicyclic) bond motifs is 1. The van der Waals surface area contributed by atoms with Gasteiger partial charge in [-0.2, -0.15) is 0 Å². The zero-order valence-electron chi connectivity index (χ0n) is 12.7. The number of piperidine rings is 1. The highest BCUT2D eigenvalue weighted by Gasteiger charge is 2.29. The molecule has 0 aliphatic carbocycles. The summed E-state index contributed by atoms with van der Waals surface area (Å²) in [5, 5.41) is 1.19. The van der Waals surface area contributed by atoms with Gasteiger partial charge < -0.3 is 9.64 Å². The van der Waals surface area contributed by atoms with E-state index in [1.165, 1.54) is 31.1 Å². The summed E-state index contributed by atoms with van der Waals surface area (Å²) in [6.07, 6.45) is 5.47. The van der Waals surface area contributed by atoms with Crippen LogP contribution in [0.3, 0.4) is 0 Å². The molecule has 2 saturated heterocycles. The zero-order valence-corrected chi connectivity index (χ0v) is 14.3. The van der Waals surface area contributed by atoms with Gasteiger partial charge in [-0.15, -0.1) is 0 Å². The minimum Gasteiger partial charge on any atom is -0.378 e. The molecule has 116 valence electrons. The molecule has 2 aliphatic rings. The van der Waals surface area contributed by atoms with E-state index in [9.17, 15) is 0 Å². The lowest BCUT2D eigenvalue weighted by atomic mass is 9.90. The molecule has 1 unspecified atom stereocenters. The first-order valence-electron chi connectivity index (χ1n) is 8.22. The predicted octanol–water partition coefficient (Wildman–Crippen LogP) is 4.39. The SMILES string of the molecule is Brc1ccc2nc(N3CCC(C4CCCO4)CC3)ccc2c1. The van der Waals surface area contributed by atoms with E-state index in [1.807, 2.05) is 0 Å². The van der Waals surface area contributed by atoms with Gasteiger partial charge in [0.1, 0.15) is 5.82 Å². The van der Waals surface area contributed by atoms with Crippen molar-refractivity contribution in [2.24, 2.45) is 5.92 Å². The van der Waals surface area contributed by atoms with Crippen molar-refractivity contribution in [1.82, 2.24) is 4.98 Å². The number of halogens is 1. The lowest BCUT2D eigenvalue weighted by Gasteiger charge is -2.35. The monoisotopic (exact) mass is 360 g/mol. The third kappa shape index (κ3) is 2.86. The van der Waals surface area contributed by atoms with E-state index in [1.54, 1.807) is 0 Å². The van der Waals surface area contributed by atoms with Crippen LogP contribution in [0.15, 0.2) is 34.8 Å². The average molecular weight is 361 g/mol. The van der Waals surface area contributed by atoms with Crippen LogP contribution in [0, 0.1) is 5.92 Å². The summed E-state index contributed by atoms with van der Waals surface area (Å²) < 4.78 is 6.97. The Labute approximate surface area is 139 Å². The van der Waals surface area contributed by atoms with Crippen LogP contribution in [-0.2, 0) is 4.74 Å². The van der Waals surface area contributed by atoms with E-state index < -0.39 is 0 Å². The summed E-state index contributed by atoms with van der Waals surface area (Å²) in [7, 11) is 0. The molecule has 3 nitrogen and oxygen atoms in total. The largest absolute Gasteiger partial charge is 0.378 e. The Hall–Kier alpha value is -1.13. The van der Waals surface area contributed by atoms with E-state index in [0.717, 1.165) is 41.4 Å². The molecule has 2 aliphatic heterocycles. The molecule has 2 aromatic rings. The van der Waals surface area contributed by atoms with Crippen molar-refractivity contribution in [3.63, 3.8) is 0 Å². The first-order chi connectivity index (χ1) is 10.8. The van der Waals surface area contributed by atoms with Gasteiger partial charge in [0, 0.05) is 29.6 Å². The summed E-state index contributed by atoms with van der Waals surface area (Å²) in [6.45, 7) is 3.16. The first-order valence-corrected chi connectivity index (χ1v) is 9.02. The molecule has 0 bridgehead atoms. The molecule has 0 N–H and O–H groups in total. The highest BCUT2D eigenvalue weighted by Crippen LogP contribution is 2.31. The highest BCUT2D eigenvalue weighted by atomic mass is 79.9. The van der Waals surface area contributed by atoms with Gasteiger partial charge >= 0.3 is 0 Å². The second-order valence-corrected chi connectivity index (χ2v) is 7.30. The second kappa shape index (κ2) is 6.17. The minimum atomic E-state index is 0.518. The Balaban J connectivity index is 1.47. The summed E-state index contributed by atoms with van der Waals surface area (Å²) >= 11 is 3.52. The van der Waals surface area contributed by atoms with Crippen molar-refractivity contribution in [2.45, 2.75) is 31.8 Å². The Morgan fingerprint density at radius 1 is 1.09 bits per heavy atom. The summed E-state index contributed by atoms with van der Waals surface area (Å²) in [5.74, 6) is 1.86. The number of rotatable bonds is 2. The van der Waals surface area contributed by atoms with E-state index in [4.69, 9.17) is 9.72 Å². The van der Waals surface area contributed by atoms with Crippen LogP contribution in [0.4, 0.5) is 5.82 Å². The molecular formula is C18H21BrN2O. The fourth-order valence-electron chi connectivity index (χ4n) is 3.74. The molecular weight excluding hydrogens is 340 g/mol. The molecule has 3 heterocycles. The fraction of sp³-hybridized carbons (Fsp3) is 0.500. The van der Waals surface area contributed by atoms with E-state index in [2.05, 4.69) is 51.2 Å². The number of nitrogens with zero attached hydrogens (tertiary/aromatic N) is 2. The molecule has 4 rings (SSSR count). The molecule has 22 heavy (non-hydrogen) atoms. The number of anilines is 1. The van der Waals surface area contributed by atoms with Crippen molar-refractivity contribution in [2.75, 3.05) is 24.6 Å². The molecule has 1 aromatic heterocycles. The fourth-order valence-corrected chi connectivity index (χ4v) is 4.12. The van der Waals surface area contributed by atoms with Crippen molar-refractivity contribution in [3.8, 4) is 0 Å². The first kappa shape index (κ1) is 14.5. The van der Waals surface area contributed by atoms with Gasteiger partial charge in [-0.3, -0.25) is 0 Å². The van der Waals surface area contributed by atoms with Crippen molar-refractivity contribution >= 4 is 32.7 Å². The molecule has 4 heteroatoms. The highest BCUT2D eigenvalue weighted by molar-refractivity contribution is 9.10. The normalized spacial score (nSPS) is 23.3. The quantitative estimate of drug-likeness (QED) is 0.793. The molecule has 1 aromatic carbocycles. The molecule has 0 spiro atoms. The number of benzene rings is 1. The maximum absolute atomic E-state index is 5.86. The van der Waals surface area contributed by atoms with Gasteiger partial charge in [0.2, 0.25) is 0 Å². The maximum Gasteiger partial charge on any atom is 0.129 e. The Morgan fingerprint density at radius 2 is 1.95 bits per heavy atom. The second-order valence-electron chi connectivity index (χ2n) is 6.38. The molecule has 0 radical (unpaired) electrons. The average Bonchev–Trinajstić information content (AvgIpc) is 3.09. The van der Waals surface area contributed by atoms with Gasteiger partial charge in [-0.05, 0) is 61.9 Å². The molecule has 1 atom stereocenters. The number of ether oxygens (including phenoxy) is 1. The van der Waals surface area contributed by atoms with E-state index >= 15 is 0 Å². The Kier molecular flexibility index (Phi) is 4.05. The van der Waals surface area contributed by atoms with Crippen LogP contribution in [0.1, 0.15) is 25.7 Å². The van der Waals surface area contributed by atoms with Crippen LogP contribution in [-0.4, -0.2) is 30.8 Å². The molecule has 0 amide bonds. The smallest absolute Gasteiger partial charge is 0.129 e. The van der Waals surface area contributed by atoms with Gasteiger partial charge in [-0.1, -0.05) is 15.9 Å². The summed E-state index contributed by atoms with van der Waals surface area (Å²) in [4.78, 5) is 7.26. The Bertz CT molecular complexity index is 661. The Morgan fingerprint density at radius 3 is 2.73 bits per heavy atom. The third-order valence-electron chi connectivity index (χ3n) is 4.99. The third-order valence-corrected chi connectivity index (χ3v) is 5.48. The number of aromatic nitrogens is 1. The van der Waals surface area contributed by atoms with Crippen LogP contribution >= 0.6 is 15.9 Å². The van der Waals surface area contributed by atoms with Crippen LogP contribution in [0.2, 0.25) is 0 Å². The molecule has 0 saturated carbocycles. The minimum absolute atomic E-state index is 0.518. The van der Waals surface area contributed by atoms with Crippen LogP contribution in [0.25, 0.3) is 10.9 Å². The molecule has 2 fully saturated rings. The topological polar surface area (TPSA) is 25.4 Å². The van der Waals surface area contributed by atoms with Crippen LogP contribution < -0.4 is 4.90 Å². The zero-order chi connectivity index (χ0) is 14.9. The lowest BCUT2D eigenvalue weighted by Crippen LogP contribution is -2.38. The summed E-state index contributed by atoms with van der Waals surface area (Å²) in [5.41, 5.74) is 1.07. The van der Waals surface area contributed by atoms with Crippen LogP contribution in [0.5, 0.6) is 0 Å². The van der Waals surface area contributed by atoms with Gasteiger partial charge in [0.05, 0.1) is 11.6 Å². The van der Waals surface area contributed by atoms with Gasteiger partial charge in [0.15, 0.2) is 0 Å². The number of hydrogen-bond acceptors (Lipinski definition) is 3. The number of pyridine rings is 1. The standard InChI is InChI=1S/C18H21BrN2O/c19-15-4-5-16-14(12-15)3-6-18(20-16)21-9-7-13(8-10-21)17-2-1-11-22-17/h3-6,12-13,17H,1-2,7-11H2. The number of hydrogen-bond donors (Lipinski definition) is 0. The maximum atomic E-state index is 5.86. The van der Waals surface area contributed by atoms with E-state index in [0.29, 0.717) is 6.10 Å².